The maximum atomic E-state index is 11.6. The molecule has 0 unspecified atom stereocenters. The molecule has 0 heterocycles. The predicted molar refractivity (Wildman–Crippen MR) is 54.2 cm³/mol. The average Bonchev–Trinajstić information content (AvgIpc) is 2.19. The van der Waals surface area contributed by atoms with Gasteiger partial charge in [-0.1, -0.05) is 0 Å². The Labute approximate surface area is 85.5 Å². The number of unbranched alkanes of at least 4 members (excludes halogenated alkanes) is 1. The van der Waals surface area contributed by atoms with Crippen molar-refractivity contribution in [3.8, 4) is 11.8 Å². The summed E-state index contributed by atoms with van der Waals surface area (Å²) >= 11 is 0. The van der Waals surface area contributed by atoms with Crippen LogP contribution in [0.5, 0.6) is 5.75 Å². The van der Waals surface area contributed by atoms with Crippen molar-refractivity contribution < 1.29 is 9.32 Å². The summed E-state index contributed by atoms with van der Waals surface area (Å²) in [6, 6.07) is 8.31. The third-order valence-corrected chi connectivity index (χ3v) is 3.18. The van der Waals surface area contributed by atoms with Gasteiger partial charge in [-0.3, -0.25) is 4.21 Å². The van der Waals surface area contributed by atoms with E-state index in [0.717, 1.165) is 0 Å². The van der Waals surface area contributed by atoms with E-state index in [1.807, 2.05) is 6.07 Å². The van der Waals surface area contributed by atoms with Crippen molar-refractivity contribution in [2.45, 2.75) is 17.7 Å². The van der Waals surface area contributed by atoms with Gasteiger partial charge in [0.15, 0.2) is 0 Å². The topological polar surface area (TPSA) is 61.1 Å². The second kappa shape index (κ2) is 5.40. The number of phenolic OH excluding ortho intramolecular Hbond substituents is 1. The average molecular weight is 209 g/mol. The van der Waals surface area contributed by atoms with Gasteiger partial charge >= 0.3 is 0 Å². The molecule has 0 aromatic heterocycles. The zero-order chi connectivity index (χ0) is 10.4. The fourth-order valence-electron chi connectivity index (χ4n) is 0.998. The van der Waals surface area contributed by atoms with Gasteiger partial charge in [-0.15, -0.1) is 0 Å². The fourth-order valence-corrected chi connectivity index (χ4v) is 2.08. The summed E-state index contributed by atoms with van der Waals surface area (Å²) in [4.78, 5) is 0.695. The van der Waals surface area contributed by atoms with E-state index in [1.165, 1.54) is 12.1 Å². The van der Waals surface area contributed by atoms with Gasteiger partial charge in [0.25, 0.3) is 0 Å². The van der Waals surface area contributed by atoms with Crippen LogP contribution in [0.4, 0.5) is 0 Å². The maximum Gasteiger partial charge on any atom is 0.115 e. The lowest BCUT2D eigenvalue weighted by molar-refractivity contribution is 0.475. The van der Waals surface area contributed by atoms with Crippen LogP contribution < -0.4 is 0 Å². The number of benzene rings is 1. The summed E-state index contributed by atoms with van der Waals surface area (Å²) in [6.45, 7) is 0. The summed E-state index contributed by atoms with van der Waals surface area (Å²) < 4.78 is 11.6. The Hall–Kier alpha value is -1.34. The van der Waals surface area contributed by atoms with E-state index in [0.29, 0.717) is 23.5 Å². The van der Waals surface area contributed by atoms with Crippen LogP contribution in [0.2, 0.25) is 0 Å². The standard InChI is InChI=1S/C10H11NO2S/c11-7-1-2-8-14(13)10-5-3-9(12)4-6-10/h3-6,12H,1-2,8H2/t14-/m1/s1. The van der Waals surface area contributed by atoms with Gasteiger partial charge in [-0.05, 0) is 30.7 Å². The largest absolute Gasteiger partial charge is 0.508 e. The molecule has 0 amide bonds. The van der Waals surface area contributed by atoms with E-state index in [-0.39, 0.29) is 5.75 Å². The molecule has 0 fully saturated rings. The quantitative estimate of drug-likeness (QED) is 0.769. The number of aromatic hydroxyl groups is 1. The molecular weight excluding hydrogens is 198 g/mol. The Morgan fingerprint density at radius 3 is 2.57 bits per heavy atom. The molecule has 74 valence electrons. The molecule has 0 saturated heterocycles. The second-order valence-electron chi connectivity index (χ2n) is 2.81. The third-order valence-electron chi connectivity index (χ3n) is 1.72. The van der Waals surface area contributed by atoms with Crippen LogP contribution in [0.25, 0.3) is 0 Å². The number of hydrogen-bond donors (Lipinski definition) is 1. The molecular formula is C10H11NO2S. The van der Waals surface area contributed by atoms with Gasteiger partial charge in [0.1, 0.15) is 5.75 Å². The Morgan fingerprint density at radius 2 is 2.00 bits per heavy atom. The predicted octanol–water partition coefficient (Wildman–Crippen LogP) is 1.80. The number of rotatable bonds is 4. The molecule has 0 aliphatic rings. The van der Waals surface area contributed by atoms with Gasteiger partial charge < -0.3 is 5.11 Å². The molecule has 3 nitrogen and oxygen atoms in total. The molecule has 0 aliphatic carbocycles. The van der Waals surface area contributed by atoms with E-state index < -0.39 is 10.8 Å². The minimum absolute atomic E-state index is 0.169. The molecule has 1 N–H and O–H groups in total. The zero-order valence-corrected chi connectivity index (χ0v) is 8.46. The second-order valence-corrected chi connectivity index (χ2v) is 4.38. The monoisotopic (exact) mass is 209 g/mol. The molecule has 1 rings (SSSR count). The van der Waals surface area contributed by atoms with Crippen molar-refractivity contribution in [2.75, 3.05) is 5.75 Å². The van der Waals surface area contributed by atoms with E-state index in [2.05, 4.69) is 0 Å². The highest BCUT2D eigenvalue weighted by Gasteiger charge is 2.02. The van der Waals surface area contributed by atoms with Gasteiger partial charge in [-0.2, -0.15) is 5.26 Å². The van der Waals surface area contributed by atoms with Gasteiger partial charge in [0.2, 0.25) is 0 Å². The molecule has 14 heavy (non-hydrogen) atoms. The molecule has 1 aromatic carbocycles. The molecule has 1 atom stereocenters. The summed E-state index contributed by atoms with van der Waals surface area (Å²) in [5.74, 6) is 0.668. The van der Waals surface area contributed by atoms with Crippen LogP contribution in [0, 0.1) is 11.3 Å². The highest BCUT2D eigenvalue weighted by Crippen LogP contribution is 2.13. The van der Waals surface area contributed by atoms with Crippen LogP contribution in [-0.4, -0.2) is 15.1 Å². The highest BCUT2D eigenvalue weighted by molar-refractivity contribution is 7.85. The van der Waals surface area contributed by atoms with Crippen LogP contribution in [-0.2, 0) is 10.8 Å². The van der Waals surface area contributed by atoms with E-state index in [9.17, 15) is 4.21 Å². The minimum Gasteiger partial charge on any atom is -0.508 e. The fraction of sp³-hybridized carbons (Fsp3) is 0.300. The lowest BCUT2D eigenvalue weighted by Crippen LogP contribution is -1.97. The smallest absolute Gasteiger partial charge is 0.115 e. The lowest BCUT2D eigenvalue weighted by atomic mass is 10.3. The van der Waals surface area contributed by atoms with Gasteiger partial charge in [0, 0.05) is 17.1 Å². The van der Waals surface area contributed by atoms with E-state index in [1.54, 1.807) is 12.1 Å². The van der Waals surface area contributed by atoms with Crippen molar-refractivity contribution in [1.82, 2.24) is 0 Å². The SMILES string of the molecule is N#CCCC[S@@](=O)c1ccc(O)cc1. The molecule has 0 saturated carbocycles. The zero-order valence-electron chi connectivity index (χ0n) is 7.64. The van der Waals surface area contributed by atoms with Crippen molar-refractivity contribution in [3.05, 3.63) is 24.3 Å². The third kappa shape index (κ3) is 3.19. The number of hydrogen-bond acceptors (Lipinski definition) is 3. The summed E-state index contributed by atoms with van der Waals surface area (Å²) in [5, 5.41) is 17.3. The van der Waals surface area contributed by atoms with Crippen molar-refractivity contribution in [1.29, 1.82) is 5.26 Å². The first-order chi connectivity index (χ1) is 6.74. The van der Waals surface area contributed by atoms with E-state index in [4.69, 9.17) is 10.4 Å². The first-order valence-corrected chi connectivity index (χ1v) is 5.60. The molecule has 4 heteroatoms. The lowest BCUT2D eigenvalue weighted by Gasteiger charge is -2.00. The summed E-state index contributed by atoms with van der Waals surface area (Å²) in [5.41, 5.74) is 0. The molecule has 0 spiro atoms. The Morgan fingerprint density at radius 1 is 1.36 bits per heavy atom. The van der Waals surface area contributed by atoms with Gasteiger partial charge in [-0.25, -0.2) is 0 Å². The Bertz CT molecular complexity index is 353. The van der Waals surface area contributed by atoms with Crippen LogP contribution >= 0.6 is 0 Å². The van der Waals surface area contributed by atoms with E-state index >= 15 is 0 Å². The summed E-state index contributed by atoms with van der Waals surface area (Å²) in [6.07, 6.45) is 1.08. The van der Waals surface area contributed by atoms with Crippen molar-refractivity contribution >= 4 is 10.8 Å². The number of phenols is 1. The molecule has 1 aromatic rings. The van der Waals surface area contributed by atoms with Crippen molar-refractivity contribution in [2.24, 2.45) is 0 Å². The van der Waals surface area contributed by atoms with Crippen LogP contribution in [0.1, 0.15) is 12.8 Å². The van der Waals surface area contributed by atoms with Gasteiger partial charge in [0.05, 0.1) is 16.9 Å². The normalized spacial score (nSPS) is 11.9. The number of nitrogens with zero attached hydrogens (tertiary/aromatic N) is 1. The number of nitriles is 1. The minimum atomic E-state index is -1.06. The molecule has 0 radical (unpaired) electrons. The summed E-state index contributed by atoms with van der Waals surface area (Å²) in [7, 11) is -1.06. The highest BCUT2D eigenvalue weighted by atomic mass is 32.2. The molecule has 0 aliphatic heterocycles. The van der Waals surface area contributed by atoms with Crippen LogP contribution in [0.15, 0.2) is 29.2 Å². The van der Waals surface area contributed by atoms with Crippen LogP contribution in [0.3, 0.4) is 0 Å². The maximum absolute atomic E-state index is 11.6. The Balaban J connectivity index is 2.53. The first-order valence-electron chi connectivity index (χ1n) is 4.28. The van der Waals surface area contributed by atoms with Crippen molar-refractivity contribution in [3.63, 3.8) is 0 Å². The molecule has 0 bridgehead atoms. The Kier molecular flexibility index (Phi) is 4.14. The first kappa shape index (κ1) is 10.7.